The third-order valence-corrected chi connectivity index (χ3v) is 6.73. The minimum absolute atomic E-state index is 0.0187. The highest BCUT2D eigenvalue weighted by Gasteiger charge is 2.26. The van der Waals surface area contributed by atoms with Crippen LogP contribution in [0.1, 0.15) is 37.4 Å². The van der Waals surface area contributed by atoms with Crippen molar-refractivity contribution in [2.24, 2.45) is 7.05 Å². The summed E-state index contributed by atoms with van der Waals surface area (Å²) in [6.07, 6.45) is 6.59. The Labute approximate surface area is 166 Å². The van der Waals surface area contributed by atoms with Gasteiger partial charge >= 0.3 is 0 Å². The van der Waals surface area contributed by atoms with E-state index in [2.05, 4.69) is 9.62 Å². The Hall–Kier alpha value is -1.90. The van der Waals surface area contributed by atoms with E-state index in [-0.39, 0.29) is 23.2 Å². The van der Waals surface area contributed by atoms with Crippen LogP contribution < -0.4 is 9.46 Å². The van der Waals surface area contributed by atoms with Crippen molar-refractivity contribution >= 4 is 10.0 Å². The van der Waals surface area contributed by atoms with Gasteiger partial charge in [-0.2, -0.15) is 0 Å². The molecule has 1 aliphatic heterocycles. The summed E-state index contributed by atoms with van der Waals surface area (Å²) in [5, 5.41) is 0. The molecular weight excluding hydrogens is 381 g/mol. The van der Waals surface area contributed by atoms with E-state index in [1.165, 1.54) is 32.1 Å². The second-order valence-electron chi connectivity index (χ2n) is 7.16. The fourth-order valence-electron chi connectivity index (χ4n) is 3.73. The Bertz CT molecular complexity index is 890. The molecule has 1 aromatic heterocycles. The van der Waals surface area contributed by atoms with E-state index >= 15 is 0 Å². The van der Waals surface area contributed by atoms with Crippen molar-refractivity contribution in [3.05, 3.63) is 48.0 Å². The van der Waals surface area contributed by atoms with Crippen LogP contribution in [0.25, 0.3) is 0 Å². The number of hydrogen-bond acceptors (Lipinski definition) is 4. The van der Waals surface area contributed by atoms with E-state index < -0.39 is 15.8 Å². The fourth-order valence-corrected chi connectivity index (χ4v) is 4.78. The van der Waals surface area contributed by atoms with Gasteiger partial charge < -0.3 is 9.30 Å². The highest BCUT2D eigenvalue weighted by atomic mass is 32.2. The molecule has 1 aromatic carbocycles. The van der Waals surface area contributed by atoms with Crippen molar-refractivity contribution in [3.8, 4) is 5.75 Å². The lowest BCUT2D eigenvalue weighted by Crippen LogP contribution is -2.39. The third kappa shape index (κ3) is 4.74. The molecule has 28 heavy (non-hydrogen) atoms. The molecule has 0 radical (unpaired) electrons. The minimum atomic E-state index is -3.84. The molecule has 1 aliphatic rings. The van der Waals surface area contributed by atoms with Gasteiger partial charge in [0.2, 0.25) is 10.0 Å². The number of aromatic nitrogens is 1. The zero-order valence-electron chi connectivity index (χ0n) is 16.4. The normalized spacial score (nSPS) is 17.2. The third-order valence-electron chi connectivity index (χ3n) is 5.31. The number of aryl methyl sites for hydroxylation is 1. The van der Waals surface area contributed by atoms with Gasteiger partial charge in [-0.05, 0) is 56.3 Å². The number of nitrogens with one attached hydrogen (secondary N) is 1. The van der Waals surface area contributed by atoms with Gasteiger partial charge in [0.1, 0.15) is 0 Å². The summed E-state index contributed by atoms with van der Waals surface area (Å²) in [7, 11) is -0.526. The molecule has 0 bridgehead atoms. The van der Waals surface area contributed by atoms with Crippen LogP contribution in [0.3, 0.4) is 0 Å². The molecule has 1 saturated heterocycles. The molecule has 8 heteroatoms. The minimum Gasteiger partial charge on any atom is -0.494 e. The summed E-state index contributed by atoms with van der Waals surface area (Å²) in [6, 6.07) is 7.59. The first-order valence-corrected chi connectivity index (χ1v) is 11.1. The Balaban J connectivity index is 1.80. The lowest BCUT2D eigenvalue weighted by atomic mass is 10.1. The van der Waals surface area contributed by atoms with Crippen molar-refractivity contribution in [1.82, 2.24) is 14.2 Å². The zero-order valence-corrected chi connectivity index (χ0v) is 17.2. The highest BCUT2D eigenvalue weighted by molar-refractivity contribution is 7.89. The molecule has 2 aromatic rings. The second kappa shape index (κ2) is 9.07. The average molecular weight is 410 g/mol. The Kier molecular flexibility index (Phi) is 6.74. The van der Waals surface area contributed by atoms with Crippen molar-refractivity contribution < 1.29 is 17.5 Å². The van der Waals surface area contributed by atoms with Gasteiger partial charge in [-0.3, -0.25) is 4.90 Å². The van der Waals surface area contributed by atoms with Gasteiger partial charge in [-0.15, -0.1) is 0 Å². The number of ether oxygens (including phenoxy) is 1. The predicted octanol–water partition coefficient (Wildman–Crippen LogP) is 3.07. The van der Waals surface area contributed by atoms with Gasteiger partial charge in [0.15, 0.2) is 11.6 Å². The number of methoxy groups -OCH3 is 1. The summed E-state index contributed by atoms with van der Waals surface area (Å²) in [6.45, 7) is 2.11. The summed E-state index contributed by atoms with van der Waals surface area (Å²) in [4.78, 5) is 2.24. The summed E-state index contributed by atoms with van der Waals surface area (Å²) < 4.78 is 49.0. The van der Waals surface area contributed by atoms with Crippen molar-refractivity contribution in [3.63, 3.8) is 0 Å². The standard InChI is InChI=1S/C20H28FN3O3S/c1-23-11-7-8-18(23)19(24-12-5-3-4-6-13-24)15-22-28(25,26)16-9-10-20(27-2)17(21)14-16/h7-11,14,19,22H,3-6,12-13,15H2,1-2H3. The zero-order chi connectivity index (χ0) is 20.1. The van der Waals surface area contributed by atoms with Gasteiger partial charge in [0.05, 0.1) is 18.0 Å². The first kappa shape index (κ1) is 20.8. The second-order valence-corrected chi connectivity index (χ2v) is 8.93. The lowest BCUT2D eigenvalue weighted by Gasteiger charge is -2.31. The Morgan fingerprint density at radius 1 is 1.18 bits per heavy atom. The number of nitrogens with zero attached hydrogens (tertiary/aromatic N) is 2. The van der Waals surface area contributed by atoms with E-state index in [0.717, 1.165) is 37.7 Å². The Morgan fingerprint density at radius 2 is 1.89 bits per heavy atom. The molecular formula is C20H28FN3O3S. The van der Waals surface area contributed by atoms with Gasteiger partial charge in [-0.1, -0.05) is 12.8 Å². The lowest BCUT2D eigenvalue weighted by molar-refractivity contribution is 0.199. The monoisotopic (exact) mass is 409 g/mol. The maximum atomic E-state index is 14.0. The molecule has 0 aliphatic carbocycles. The molecule has 1 atom stereocenters. The number of hydrogen-bond donors (Lipinski definition) is 1. The number of sulfonamides is 1. The van der Waals surface area contributed by atoms with Crippen molar-refractivity contribution in [2.45, 2.75) is 36.6 Å². The van der Waals surface area contributed by atoms with E-state index in [1.807, 2.05) is 29.9 Å². The van der Waals surface area contributed by atoms with Crippen LogP contribution >= 0.6 is 0 Å². The van der Waals surface area contributed by atoms with Crippen LogP contribution in [0.15, 0.2) is 41.4 Å². The fraction of sp³-hybridized carbons (Fsp3) is 0.500. The summed E-state index contributed by atoms with van der Waals surface area (Å²) in [5.74, 6) is -0.679. The molecule has 0 amide bonds. The van der Waals surface area contributed by atoms with Crippen LogP contribution in [0, 0.1) is 5.82 Å². The van der Waals surface area contributed by atoms with Crippen LogP contribution in [0.5, 0.6) is 5.75 Å². The molecule has 0 saturated carbocycles. The number of rotatable bonds is 7. The van der Waals surface area contributed by atoms with Gasteiger partial charge in [0.25, 0.3) is 0 Å². The first-order chi connectivity index (χ1) is 13.4. The topological polar surface area (TPSA) is 63.6 Å². The first-order valence-electron chi connectivity index (χ1n) is 9.61. The molecule has 6 nitrogen and oxygen atoms in total. The van der Waals surface area contributed by atoms with E-state index in [0.29, 0.717) is 0 Å². The number of halogens is 1. The van der Waals surface area contributed by atoms with Crippen LogP contribution in [0.2, 0.25) is 0 Å². The molecule has 1 unspecified atom stereocenters. The Morgan fingerprint density at radius 3 is 2.46 bits per heavy atom. The van der Waals surface area contributed by atoms with Crippen LogP contribution in [-0.2, 0) is 17.1 Å². The van der Waals surface area contributed by atoms with Crippen LogP contribution in [-0.4, -0.2) is 44.6 Å². The van der Waals surface area contributed by atoms with E-state index in [4.69, 9.17) is 4.74 Å². The van der Waals surface area contributed by atoms with E-state index in [1.54, 1.807) is 0 Å². The maximum absolute atomic E-state index is 14.0. The molecule has 1 fully saturated rings. The predicted molar refractivity (Wildman–Crippen MR) is 106 cm³/mol. The van der Waals surface area contributed by atoms with Crippen molar-refractivity contribution in [1.29, 1.82) is 0 Å². The summed E-state index contributed by atoms with van der Waals surface area (Å²) >= 11 is 0. The molecule has 0 spiro atoms. The van der Waals surface area contributed by atoms with Crippen LogP contribution in [0.4, 0.5) is 4.39 Å². The van der Waals surface area contributed by atoms with E-state index in [9.17, 15) is 12.8 Å². The van der Waals surface area contributed by atoms with Gasteiger partial charge in [0, 0.05) is 25.5 Å². The smallest absolute Gasteiger partial charge is 0.240 e. The SMILES string of the molecule is COc1ccc(S(=O)(=O)NCC(c2cccn2C)N2CCCCCC2)cc1F. The maximum Gasteiger partial charge on any atom is 0.240 e. The highest BCUT2D eigenvalue weighted by Crippen LogP contribution is 2.25. The molecule has 1 N–H and O–H groups in total. The quantitative estimate of drug-likeness (QED) is 0.763. The number of likely N-dealkylation sites (tertiary alicyclic amines) is 1. The average Bonchev–Trinajstić information content (AvgIpc) is 2.92. The van der Waals surface area contributed by atoms with Crippen molar-refractivity contribution in [2.75, 3.05) is 26.7 Å². The molecule has 2 heterocycles. The number of benzene rings is 1. The molecule has 154 valence electrons. The largest absolute Gasteiger partial charge is 0.494 e. The molecule has 3 rings (SSSR count). The summed E-state index contributed by atoms with van der Waals surface area (Å²) in [5.41, 5.74) is 1.06. The van der Waals surface area contributed by atoms with Gasteiger partial charge in [-0.25, -0.2) is 17.5 Å².